The minimum Gasteiger partial charge on any atom is -0.317 e. The van der Waals surface area contributed by atoms with Crippen molar-refractivity contribution in [3.05, 3.63) is 0 Å². The Kier molecular flexibility index (Phi) is 2.45. The molecule has 1 aliphatic carbocycles. The second-order valence-electron chi connectivity index (χ2n) is 2.66. The Bertz CT molecular complexity index is 74.4. The van der Waals surface area contributed by atoms with Gasteiger partial charge in [0.15, 0.2) is 0 Å². The first kappa shape index (κ1) is 6.99. The molecule has 1 fully saturated rings. The Morgan fingerprint density at radius 2 is 2.00 bits per heavy atom. The van der Waals surface area contributed by atoms with Crippen molar-refractivity contribution in [2.24, 2.45) is 5.84 Å². The van der Waals surface area contributed by atoms with Gasteiger partial charge in [-0.3, -0.25) is 11.3 Å². The van der Waals surface area contributed by atoms with Crippen molar-refractivity contribution in [3.8, 4) is 0 Å². The standard InChI is InChI=1S/C6H15N3/c1-8-5-2-3-6(4-5)9-7/h5-6,8-9H,2-4,7H2,1H3. The molecule has 0 aromatic heterocycles. The molecule has 3 heteroatoms. The lowest BCUT2D eigenvalue weighted by molar-refractivity contribution is 0.514. The van der Waals surface area contributed by atoms with Crippen LogP contribution in [0, 0.1) is 0 Å². The summed E-state index contributed by atoms with van der Waals surface area (Å²) in [6.07, 6.45) is 3.64. The summed E-state index contributed by atoms with van der Waals surface area (Å²) in [5.41, 5.74) is 2.79. The van der Waals surface area contributed by atoms with Gasteiger partial charge in [0.1, 0.15) is 0 Å². The maximum Gasteiger partial charge on any atom is 0.0225 e. The van der Waals surface area contributed by atoms with Crippen molar-refractivity contribution in [1.29, 1.82) is 0 Å². The molecule has 1 rings (SSSR count). The molecule has 2 atom stereocenters. The van der Waals surface area contributed by atoms with Crippen LogP contribution < -0.4 is 16.6 Å². The molecule has 1 saturated carbocycles. The van der Waals surface area contributed by atoms with Gasteiger partial charge in [0.05, 0.1) is 0 Å². The van der Waals surface area contributed by atoms with Crippen LogP contribution in [0.15, 0.2) is 0 Å². The smallest absolute Gasteiger partial charge is 0.0225 e. The van der Waals surface area contributed by atoms with E-state index in [-0.39, 0.29) is 0 Å². The van der Waals surface area contributed by atoms with Crippen LogP contribution in [0.3, 0.4) is 0 Å². The molecule has 0 spiro atoms. The summed E-state index contributed by atoms with van der Waals surface area (Å²) in [4.78, 5) is 0. The summed E-state index contributed by atoms with van der Waals surface area (Å²) in [5.74, 6) is 5.27. The maximum atomic E-state index is 5.27. The van der Waals surface area contributed by atoms with Crippen molar-refractivity contribution in [2.45, 2.75) is 31.3 Å². The van der Waals surface area contributed by atoms with Crippen LogP contribution in [0.2, 0.25) is 0 Å². The van der Waals surface area contributed by atoms with Gasteiger partial charge in [-0.25, -0.2) is 0 Å². The zero-order valence-electron chi connectivity index (χ0n) is 5.85. The van der Waals surface area contributed by atoms with Crippen LogP contribution in [0.5, 0.6) is 0 Å². The van der Waals surface area contributed by atoms with Crippen LogP contribution in [0.1, 0.15) is 19.3 Å². The predicted octanol–water partition coefficient (Wildman–Crippen LogP) is -0.410. The number of hydrogen-bond acceptors (Lipinski definition) is 3. The van der Waals surface area contributed by atoms with Gasteiger partial charge in [0.25, 0.3) is 0 Å². The van der Waals surface area contributed by atoms with Gasteiger partial charge in [0, 0.05) is 12.1 Å². The fourth-order valence-corrected chi connectivity index (χ4v) is 1.40. The lowest BCUT2D eigenvalue weighted by Crippen LogP contribution is -2.34. The SMILES string of the molecule is CNC1CCC(NN)C1. The van der Waals surface area contributed by atoms with Gasteiger partial charge in [-0.05, 0) is 26.3 Å². The Labute approximate surface area is 56.0 Å². The third-order valence-electron chi connectivity index (χ3n) is 2.08. The molecule has 1 aliphatic rings. The predicted molar refractivity (Wildman–Crippen MR) is 37.8 cm³/mol. The van der Waals surface area contributed by atoms with E-state index in [1.165, 1.54) is 19.3 Å². The number of rotatable bonds is 2. The Morgan fingerprint density at radius 1 is 1.33 bits per heavy atom. The zero-order valence-corrected chi connectivity index (χ0v) is 5.85. The van der Waals surface area contributed by atoms with Crippen LogP contribution in [0.25, 0.3) is 0 Å². The van der Waals surface area contributed by atoms with E-state index in [1.54, 1.807) is 0 Å². The molecule has 2 unspecified atom stereocenters. The van der Waals surface area contributed by atoms with E-state index in [4.69, 9.17) is 5.84 Å². The molecule has 54 valence electrons. The average molecular weight is 129 g/mol. The van der Waals surface area contributed by atoms with Gasteiger partial charge in [-0.15, -0.1) is 0 Å². The Hall–Kier alpha value is -0.120. The van der Waals surface area contributed by atoms with Crippen molar-refractivity contribution in [1.82, 2.24) is 10.7 Å². The molecule has 0 aliphatic heterocycles. The van der Waals surface area contributed by atoms with E-state index in [0.29, 0.717) is 12.1 Å². The Morgan fingerprint density at radius 3 is 2.33 bits per heavy atom. The van der Waals surface area contributed by atoms with Crippen molar-refractivity contribution < 1.29 is 0 Å². The van der Waals surface area contributed by atoms with Gasteiger partial charge in [-0.2, -0.15) is 0 Å². The zero-order chi connectivity index (χ0) is 6.69. The fourth-order valence-electron chi connectivity index (χ4n) is 1.40. The normalized spacial score (nSPS) is 35.3. The molecule has 0 heterocycles. The number of hydrogen-bond donors (Lipinski definition) is 3. The first-order valence-electron chi connectivity index (χ1n) is 3.50. The fraction of sp³-hybridized carbons (Fsp3) is 1.00. The summed E-state index contributed by atoms with van der Waals surface area (Å²) >= 11 is 0. The molecule has 4 N–H and O–H groups in total. The molecule has 0 saturated heterocycles. The van der Waals surface area contributed by atoms with E-state index in [2.05, 4.69) is 10.7 Å². The molecule has 0 aromatic carbocycles. The number of nitrogens with one attached hydrogen (secondary N) is 2. The van der Waals surface area contributed by atoms with E-state index in [0.717, 1.165) is 0 Å². The lowest BCUT2D eigenvalue weighted by Gasteiger charge is -2.07. The van der Waals surface area contributed by atoms with Crippen LogP contribution in [0.4, 0.5) is 0 Å². The topological polar surface area (TPSA) is 50.1 Å². The monoisotopic (exact) mass is 129 g/mol. The average Bonchev–Trinajstić information content (AvgIpc) is 2.34. The summed E-state index contributed by atoms with van der Waals surface area (Å²) in [5, 5.41) is 3.23. The highest BCUT2D eigenvalue weighted by molar-refractivity contribution is 4.82. The van der Waals surface area contributed by atoms with E-state index >= 15 is 0 Å². The molecule has 9 heavy (non-hydrogen) atoms. The second-order valence-corrected chi connectivity index (χ2v) is 2.66. The third kappa shape index (κ3) is 1.64. The highest BCUT2D eigenvalue weighted by Gasteiger charge is 2.21. The molecule has 0 aromatic rings. The summed E-state index contributed by atoms with van der Waals surface area (Å²) in [7, 11) is 2.00. The van der Waals surface area contributed by atoms with Crippen molar-refractivity contribution >= 4 is 0 Å². The highest BCUT2D eigenvalue weighted by atomic mass is 15.2. The molecule has 3 nitrogen and oxygen atoms in total. The van der Waals surface area contributed by atoms with Gasteiger partial charge < -0.3 is 5.32 Å². The first-order chi connectivity index (χ1) is 4.36. The van der Waals surface area contributed by atoms with Gasteiger partial charge in [0.2, 0.25) is 0 Å². The van der Waals surface area contributed by atoms with Gasteiger partial charge >= 0.3 is 0 Å². The molecular weight excluding hydrogens is 114 g/mol. The summed E-state index contributed by atoms with van der Waals surface area (Å²) < 4.78 is 0. The van der Waals surface area contributed by atoms with E-state index in [1.807, 2.05) is 7.05 Å². The molecule has 0 bridgehead atoms. The Balaban J connectivity index is 2.20. The van der Waals surface area contributed by atoms with E-state index in [9.17, 15) is 0 Å². The number of nitrogens with two attached hydrogens (primary N) is 1. The largest absolute Gasteiger partial charge is 0.317 e. The lowest BCUT2D eigenvalue weighted by atomic mass is 10.2. The maximum absolute atomic E-state index is 5.27. The minimum absolute atomic E-state index is 0.544. The quantitative estimate of drug-likeness (QED) is 0.351. The van der Waals surface area contributed by atoms with Crippen LogP contribution in [-0.2, 0) is 0 Å². The third-order valence-corrected chi connectivity index (χ3v) is 2.08. The minimum atomic E-state index is 0.544. The second kappa shape index (κ2) is 3.15. The summed E-state index contributed by atoms with van der Waals surface area (Å²) in [6, 6.07) is 1.23. The number of hydrazine groups is 1. The van der Waals surface area contributed by atoms with E-state index < -0.39 is 0 Å². The molecular formula is C6H15N3. The first-order valence-corrected chi connectivity index (χ1v) is 3.50. The van der Waals surface area contributed by atoms with Crippen molar-refractivity contribution in [3.63, 3.8) is 0 Å². The molecule has 0 radical (unpaired) electrons. The van der Waals surface area contributed by atoms with Gasteiger partial charge in [-0.1, -0.05) is 0 Å². The van der Waals surface area contributed by atoms with Crippen LogP contribution in [-0.4, -0.2) is 19.1 Å². The highest BCUT2D eigenvalue weighted by Crippen LogP contribution is 2.17. The van der Waals surface area contributed by atoms with Crippen molar-refractivity contribution in [2.75, 3.05) is 7.05 Å². The summed E-state index contributed by atoms with van der Waals surface area (Å²) in [6.45, 7) is 0. The molecule has 0 amide bonds. The van der Waals surface area contributed by atoms with Crippen LogP contribution >= 0.6 is 0 Å².